The van der Waals surface area contributed by atoms with E-state index in [4.69, 9.17) is 10.5 Å². The van der Waals surface area contributed by atoms with Gasteiger partial charge in [0, 0.05) is 26.4 Å². The molecular formula is C11H17N3O. The van der Waals surface area contributed by atoms with Crippen LogP contribution in [0, 0.1) is 0 Å². The van der Waals surface area contributed by atoms with Gasteiger partial charge in [0.15, 0.2) is 5.82 Å². The summed E-state index contributed by atoms with van der Waals surface area (Å²) in [5.41, 5.74) is 6.64. The maximum absolute atomic E-state index is 5.88. The summed E-state index contributed by atoms with van der Waals surface area (Å²) < 4.78 is 5.33. The van der Waals surface area contributed by atoms with Crippen LogP contribution in [0.5, 0.6) is 0 Å². The Morgan fingerprint density at radius 3 is 2.80 bits per heavy atom. The minimum atomic E-state index is 0.395. The van der Waals surface area contributed by atoms with Crippen molar-refractivity contribution in [2.24, 2.45) is 0 Å². The second-order valence-corrected chi connectivity index (χ2v) is 3.84. The van der Waals surface area contributed by atoms with Gasteiger partial charge in [-0.2, -0.15) is 0 Å². The first kappa shape index (κ1) is 10.2. The van der Waals surface area contributed by atoms with Gasteiger partial charge in [0.2, 0.25) is 0 Å². The van der Waals surface area contributed by atoms with Crippen molar-refractivity contribution in [2.45, 2.75) is 18.9 Å². The number of nitrogen functional groups attached to an aromatic ring is 1. The molecule has 1 aromatic heterocycles. The van der Waals surface area contributed by atoms with E-state index >= 15 is 0 Å². The molecular weight excluding hydrogens is 190 g/mol. The largest absolute Gasteiger partial charge is 0.396 e. The fraction of sp³-hybridized carbons (Fsp3) is 0.545. The Balaban J connectivity index is 2.04. The van der Waals surface area contributed by atoms with E-state index in [-0.39, 0.29) is 0 Å². The van der Waals surface area contributed by atoms with Crippen LogP contribution in [-0.2, 0) is 4.74 Å². The summed E-state index contributed by atoms with van der Waals surface area (Å²) in [5, 5.41) is 0. The van der Waals surface area contributed by atoms with Crippen LogP contribution in [0.25, 0.3) is 0 Å². The van der Waals surface area contributed by atoms with Crippen LogP contribution in [0.3, 0.4) is 0 Å². The third-order valence-corrected chi connectivity index (χ3v) is 2.89. The van der Waals surface area contributed by atoms with Gasteiger partial charge in [0.05, 0.1) is 11.8 Å². The first-order valence-electron chi connectivity index (χ1n) is 5.29. The standard InChI is InChI=1S/C11H17N3O/c1-15-9-4-7-14(8-5-9)11-10(12)3-2-6-13-11/h2-3,6,9H,4-5,7-8,12H2,1H3. The van der Waals surface area contributed by atoms with Crippen molar-refractivity contribution in [3.63, 3.8) is 0 Å². The quantitative estimate of drug-likeness (QED) is 0.793. The molecule has 0 unspecified atom stereocenters. The van der Waals surface area contributed by atoms with Crippen LogP contribution in [0.1, 0.15) is 12.8 Å². The summed E-state index contributed by atoms with van der Waals surface area (Å²) in [6.45, 7) is 1.94. The van der Waals surface area contributed by atoms with Crippen molar-refractivity contribution in [1.82, 2.24) is 4.98 Å². The first-order valence-corrected chi connectivity index (χ1v) is 5.29. The fourth-order valence-electron chi connectivity index (χ4n) is 1.98. The van der Waals surface area contributed by atoms with Gasteiger partial charge < -0.3 is 15.4 Å². The van der Waals surface area contributed by atoms with Crippen LogP contribution >= 0.6 is 0 Å². The monoisotopic (exact) mass is 207 g/mol. The molecule has 4 heteroatoms. The lowest BCUT2D eigenvalue weighted by Crippen LogP contribution is -2.37. The zero-order chi connectivity index (χ0) is 10.7. The minimum Gasteiger partial charge on any atom is -0.396 e. The molecule has 2 heterocycles. The van der Waals surface area contributed by atoms with Gasteiger partial charge in [-0.3, -0.25) is 0 Å². The number of methoxy groups -OCH3 is 1. The van der Waals surface area contributed by atoms with Gasteiger partial charge in [-0.25, -0.2) is 4.98 Å². The smallest absolute Gasteiger partial charge is 0.151 e. The second-order valence-electron chi connectivity index (χ2n) is 3.84. The summed E-state index contributed by atoms with van der Waals surface area (Å²) in [6.07, 6.45) is 4.28. The van der Waals surface area contributed by atoms with E-state index in [1.54, 1.807) is 13.3 Å². The van der Waals surface area contributed by atoms with E-state index in [9.17, 15) is 0 Å². The number of anilines is 2. The van der Waals surface area contributed by atoms with E-state index in [2.05, 4.69) is 9.88 Å². The number of aromatic nitrogens is 1. The molecule has 0 spiro atoms. The first-order chi connectivity index (χ1) is 7.31. The van der Waals surface area contributed by atoms with E-state index in [0.717, 1.165) is 37.4 Å². The molecule has 0 amide bonds. The molecule has 0 aliphatic carbocycles. The third-order valence-electron chi connectivity index (χ3n) is 2.89. The van der Waals surface area contributed by atoms with Gasteiger partial charge in [-0.15, -0.1) is 0 Å². The average molecular weight is 207 g/mol. The molecule has 1 aromatic rings. The molecule has 1 aliphatic rings. The molecule has 1 saturated heterocycles. The van der Waals surface area contributed by atoms with Crippen LogP contribution in [-0.4, -0.2) is 31.3 Å². The molecule has 1 fully saturated rings. The zero-order valence-corrected chi connectivity index (χ0v) is 9.02. The van der Waals surface area contributed by atoms with Gasteiger partial charge >= 0.3 is 0 Å². The van der Waals surface area contributed by atoms with Crippen molar-refractivity contribution in [2.75, 3.05) is 30.8 Å². The highest BCUT2D eigenvalue weighted by Gasteiger charge is 2.20. The Hall–Kier alpha value is -1.29. The van der Waals surface area contributed by atoms with E-state index < -0.39 is 0 Å². The number of rotatable bonds is 2. The molecule has 15 heavy (non-hydrogen) atoms. The molecule has 0 saturated carbocycles. The Morgan fingerprint density at radius 1 is 1.47 bits per heavy atom. The molecule has 0 aromatic carbocycles. The SMILES string of the molecule is COC1CCN(c2ncccc2N)CC1. The number of pyridine rings is 1. The third kappa shape index (κ3) is 2.21. The Bertz CT molecular complexity index is 321. The summed E-state index contributed by atoms with van der Waals surface area (Å²) in [4.78, 5) is 6.54. The number of hydrogen-bond donors (Lipinski definition) is 1. The molecule has 0 bridgehead atoms. The highest BCUT2D eigenvalue weighted by Crippen LogP contribution is 2.23. The lowest BCUT2D eigenvalue weighted by molar-refractivity contribution is 0.0818. The molecule has 0 radical (unpaired) electrons. The highest BCUT2D eigenvalue weighted by molar-refractivity contribution is 5.62. The highest BCUT2D eigenvalue weighted by atomic mass is 16.5. The minimum absolute atomic E-state index is 0.395. The van der Waals surface area contributed by atoms with Crippen LogP contribution < -0.4 is 10.6 Å². The maximum Gasteiger partial charge on any atom is 0.151 e. The van der Waals surface area contributed by atoms with Crippen molar-refractivity contribution in [3.05, 3.63) is 18.3 Å². The molecule has 1 aliphatic heterocycles. The lowest BCUT2D eigenvalue weighted by Gasteiger charge is -2.32. The van der Waals surface area contributed by atoms with Crippen LogP contribution in [0.4, 0.5) is 11.5 Å². The maximum atomic E-state index is 5.88. The van der Waals surface area contributed by atoms with E-state index in [0.29, 0.717) is 6.10 Å². The predicted molar refractivity (Wildman–Crippen MR) is 60.9 cm³/mol. The fourth-order valence-corrected chi connectivity index (χ4v) is 1.98. The molecule has 4 nitrogen and oxygen atoms in total. The second kappa shape index (κ2) is 4.49. The summed E-state index contributed by atoms with van der Waals surface area (Å²) in [6, 6.07) is 3.76. The van der Waals surface area contributed by atoms with Gasteiger partial charge in [0.1, 0.15) is 0 Å². The average Bonchev–Trinajstić information content (AvgIpc) is 2.30. The van der Waals surface area contributed by atoms with E-state index in [1.807, 2.05) is 12.1 Å². The van der Waals surface area contributed by atoms with Crippen molar-refractivity contribution < 1.29 is 4.74 Å². The van der Waals surface area contributed by atoms with Crippen LogP contribution in [0.15, 0.2) is 18.3 Å². The van der Waals surface area contributed by atoms with E-state index in [1.165, 1.54) is 0 Å². The number of nitrogens with zero attached hydrogens (tertiary/aromatic N) is 2. The van der Waals surface area contributed by atoms with Crippen molar-refractivity contribution in [3.8, 4) is 0 Å². The Kier molecular flexibility index (Phi) is 3.06. The molecule has 2 N–H and O–H groups in total. The van der Waals surface area contributed by atoms with Crippen LogP contribution in [0.2, 0.25) is 0 Å². The lowest BCUT2D eigenvalue weighted by atomic mass is 10.1. The molecule has 0 atom stereocenters. The summed E-state index contributed by atoms with van der Waals surface area (Å²) >= 11 is 0. The van der Waals surface area contributed by atoms with Gasteiger partial charge in [-0.05, 0) is 25.0 Å². The topological polar surface area (TPSA) is 51.4 Å². The van der Waals surface area contributed by atoms with Gasteiger partial charge in [0.25, 0.3) is 0 Å². The number of hydrogen-bond acceptors (Lipinski definition) is 4. The number of nitrogens with two attached hydrogens (primary N) is 1. The van der Waals surface area contributed by atoms with Crippen molar-refractivity contribution in [1.29, 1.82) is 0 Å². The van der Waals surface area contributed by atoms with Gasteiger partial charge in [-0.1, -0.05) is 0 Å². The zero-order valence-electron chi connectivity index (χ0n) is 9.02. The Morgan fingerprint density at radius 2 is 2.20 bits per heavy atom. The normalized spacial score (nSPS) is 18.1. The molecule has 82 valence electrons. The molecule has 2 rings (SSSR count). The summed E-state index contributed by atoms with van der Waals surface area (Å²) in [7, 11) is 1.77. The number of piperidine rings is 1. The van der Waals surface area contributed by atoms with Crippen molar-refractivity contribution >= 4 is 11.5 Å². The number of ether oxygens (including phenoxy) is 1. The summed E-state index contributed by atoms with van der Waals surface area (Å²) in [5.74, 6) is 0.909. The Labute approximate surface area is 90.0 Å². The predicted octanol–water partition coefficient (Wildman–Crippen LogP) is 1.28.